The molecule has 0 saturated heterocycles. The highest BCUT2D eigenvalue weighted by Gasteiger charge is 2.12. The van der Waals surface area contributed by atoms with Crippen molar-refractivity contribution >= 4 is 45.0 Å². The Bertz CT molecular complexity index is 995. The van der Waals surface area contributed by atoms with Gasteiger partial charge in [0, 0.05) is 18.0 Å². The average Bonchev–Trinajstić information content (AvgIpc) is 2.65. The summed E-state index contributed by atoms with van der Waals surface area (Å²) in [5.41, 5.74) is 1.26. The van der Waals surface area contributed by atoms with Gasteiger partial charge in [-0.05, 0) is 50.2 Å². The van der Waals surface area contributed by atoms with E-state index in [2.05, 4.69) is 23.7 Å². The average molecular weight is 407 g/mol. The highest BCUT2D eigenvalue weighted by molar-refractivity contribution is 6.45. The molecule has 6 heteroatoms. The van der Waals surface area contributed by atoms with Crippen molar-refractivity contribution in [3.8, 4) is 5.75 Å². The van der Waals surface area contributed by atoms with Gasteiger partial charge in [0.15, 0.2) is 5.43 Å². The third kappa shape index (κ3) is 4.40. The first-order valence-corrected chi connectivity index (χ1v) is 10.1. The van der Waals surface area contributed by atoms with Gasteiger partial charge in [0.25, 0.3) is 0 Å². The van der Waals surface area contributed by atoms with Crippen LogP contribution in [-0.2, 0) is 0 Å². The fourth-order valence-electron chi connectivity index (χ4n) is 3.33. The van der Waals surface area contributed by atoms with Crippen molar-refractivity contribution in [3.63, 3.8) is 0 Å². The minimum atomic E-state index is -0.130. The number of nitrogens with one attached hydrogen (secondary N) is 1. The van der Waals surface area contributed by atoms with Crippen molar-refractivity contribution in [1.82, 2.24) is 9.88 Å². The van der Waals surface area contributed by atoms with Crippen molar-refractivity contribution in [2.45, 2.75) is 26.7 Å². The van der Waals surface area contributed by atoms with Gasteiger partial charge in [0.2, 0.25) is 0 Å². The van der Waals surface area contributed by atoms with E-state index < -0.39 is 0 Å². The van der Waals surface area contributed by atoms with Crippen molar-refractivity contribution in [2.75, 3.05) is 26.2 Å². The van der Waals surface area contributed by atoms with Crippen LogP contribution in [0.15, 0.2) is 35.1 Å². The molecule has 0 amide bonds. The molecular weight excluding hydrogens is 383 g/mol. The molecule has 27 heavy (non-hydrogen) atoms. The number of hydrogen-bond acceptors (Lipinski definition) is 3. The van der Waals surface area contributed by atoms with Crippen LogP contribution in [0.5, 0.6) is 5.75 Å². The molecule has 144 valence electrons. The predicted molar refractivity (Wildman–Crippen MR) is 115 cm³/mol. The fourth-order valence-corrected chi connectivity index (χ4v) is 3.74. The fraction of sp³-hybridized carbons (Fsp3) is 0.381. The summed E-state index contributed by atoms with van der Waals surface area (Å²) in [5.74, 6) is 0.741. The van der Waals surface area contributed by atoms with Gasteiger partial charge in [0.05, 0.1) is 26.5 Å². The molecule has 0 atom stereocenters. The maximum absolute atomic E-state index is 12.8. The second kappa shape index (κ2) is 8.96. The minimum Gasteiger partial charge on any atom is -0.492 e. The number of aromatic amines is 1. The summed E-state index contributed by atoms with van der Waals surface area (Å²) in [6, 6.07) is 8.92. The van der Waals surface area contributed by atoms with Crippen LogP contribution >= 0.6 is 23.2 Å². The molecule has 0 aliphatic heterocycles. The lowest BCUT2D eigenvalue weighted by Crippen LogP contribution is -2.30. The van der Waals surface area contributed by atoms with Crippen molar-refractivity contribution in [2.24, 2.45) is 0 Å². The molecule has 0 unspecified atom stereocenters. The molecule has 0 aliphatic rings. The van der Waals surface area contributed by atoms with Gasteiger partial charge in [-0.3, -0.25) is 9.69 Å². The smallest absolute Gasteiger partial charge is 0.198 e. The molecule has 2 aromatic carbocycles. The van der Waals surface area contributed by atoms with Gasteiger partial charge in [0.1, 0.15) is 12.4 Å². The van der Waals surface area contributed by atoms with Gasteiger partial charge in [-0.25, -0.2) is 0 Å². The molecule has 0 aliphatic carbocycles. The Labute approximate surface area is 169 Å². The molecule has 0 spiro atoms. The molecule has 1 aromatic heterocycles. The van der Waals surface area contributed by atoms with Crippen LogP contribution < -0.4 is 10.2 Å². The third-order valence-corrected chi connectivity index (χ3v) is 5.39. The molecule has 1 N–H and O–H groups in total. The Morgan fingerprint density at radius 3 is 2.44 bits per heavy atom. The highest BCUT2D eigenvalue weighted by atomic mass is 35.5. The number of nitrogens with zero attached hydrogens (tertiary/aromatic N) is 1. The first-order chi connectivity index (χ1) is 13.0. The summed E-state index contributed by atoms with van der Waals surface area (Å²) >= 11 is 12.3. The van der Waals surface area contributed by atoms with E-state index in [1.54, 1.807) is 18.2 Å². The number of fused-ring (bicyclic) bond motifs is 2. The lowest BCUT2D eigenvalue weighted by atomic mass is 10.1. The van der Waals surface area contributed by atoms with E-state index in [0.717, 1.165) is 43.7 Å². The Kier molecular flexibility index (Phi) is 6.64. The summed E-state index contributed by atoms with van der Waals surface area (Å²) < 4.78 is 5.92. The summed E-state index contributed by atoms with van der Waals surface area (Å²) in [6.45, 7) is 8.04. The van der Waals surface area contributed by atoms with E-state index >= 15 is 0 Å². The Balaban J connectivity index is 1.84. The van der Waals surface area contributed by atoms with Crippen LogP contribution in [0.25, 0.3) is 21.8 Å². The van der Waals surface area contributed by atoms with E-state index in [9.17, 15) is 4.79 Å². The summed E-state index contributed by atoms with van der Waals surface area (Å²) in [7, 11) is 0. The second-order valence-electron chi connectivity index (χ2n) is 6.64. The Morgan fingerprint density at radius 2 is 1.74 bits per heavy atom. The number of hydrogen-bond donors (Lipinski definition) is 1. The molecule has 3 rings (SSSR count). The number of halogens is 2. The van der Waals surface area contributed by atoms with E-state index in [1.807, 2.05) is 12.1 Å². The number of pyridine rings is 1. The van der Waals surface area contributed by atoms with E-state index in [0.29, 0.717) is 27.9 Å². The zero-order valence-corrected chi connectivity index (χ0v) is 17.2. The first kappa shape index (κ1) is 20.0. The first-order valence-electron chi connectivity index (χ1n) is 9.34. The maximum Gasteiger partial charge on any atom is 0.198 e. The normalized spacial score (nSPS) is 11.6. The summed E-state index contributed by atoms with van der Waals surface area (Å²) in [6.07, 6.45) is 2.27. The quantitative estimate of drug-likeness (QED) is 0.503. The molecule has 0 fully saturated rings. The number of H-pyrrole nitrogens is 1. The van der Waals surface area contributed by atoms with Gasteiger partial charge in [-0.1, -0.05) is 37.0 Å². The van der Waals surface area contributed by atoms with Crippen molar-refractivity contribution in [1.29, 1.82) is 0 Å². The van der Waals surface area contributed by atoms with Crippen LogP contribution in [-0.4, -0.2) is 36.1 Å². The van der Waals surface area contributed by atoms with Gasteiger partial charge in [-0.2, -0.15) is 0 Å². The predicted octanol–water partition coefficient (Wildman–Crippen LogP) is 5.49. The van der Waals surface area contributed by atoms with Crippen LogP contribution in [0.3, 0.4) is 0 Å². The molecule has 3 aromatic rings. The molecule has 0 saturated carbocycles. The largest absolute Gasteiger partial charge is 0.492 e. The minimum absolute atomic E-state index is 0.130. The zero-order valence-electron chi connectivity index (χ0n) is 15.6. The van der Waals surface area contributed by atoms with Gasteiger partial charge >= 0.3 is 0 Å². The van der Waals surface area contributed by atoms with E-state index in [4.69, 9.17) is 27.9 Å². The van der Waals surface area contributed by atoms with E-state index in [1.165, 1.54) is 0 Å². The van der Waals surface area contributed by atoms with Gasteiger partial charge < -0.3 is 9.72 Å². The van der Waals surface area contributed by atoms with Crippen LogP contribution in [0.1, 0.15) is 26.7 Å². The van der Waals surface area contributed by atoms with Crippen LogP contribution in [0, 0.1) is 0 Å². The SMILES string of the molecule is CCCN(CCC)CCOc1ccc2c(=O)c3c(Cl)c(Cl)ccc3[nH]c2c1. The maximum atomic E-state index is 12.8. The third-order valence-electron chi connectivity index (χ3n) is 4.58. The number of benzene rings is 2. The lowest BCUT2D eigenvalue weighted by Gasteiger charge is -2.20. The number of aromatic nitrogens is 1. The molecule has 4 nitrogen and oxygen atoms in total. The Hall–Kier alpha value is -1.75. The van der Waals surface area contributed by atoms with Crippen LogP contribution in [0.2, 0.25) is 10.0 Å². The summed E-state index contributed by atoms with van der Waals surface area (Å²) in [5, 5.41) is 1.64. The number of rotatable bonds is 8. The topological polar surface area (TPSA) is 45.3 Å². The molecule has 0 bridgehead atoms. The molecule has 1 heterocycles. The zero-order chi connectivity index (χ0) is 19.4. The van der Waals surface area contributed by atoms with Crippen molar-refractivity contribution < 1.29 is 4.74 Å². The Morgan fingerprint density at radius 1 is 1.00 bits per heavy atom. The lowest BCUT2D eigenvalue weighted by molar-refractivity contribution is 0.209. The standard InChI is InChI=1S/C21H24Cl2N2O2/c1-3-9-25(10-4-2)11-12-27-14-5-6-15-18(13-14)24-17-8-7-16(22)20(23)19(17)21(15)26/h5-8,13H,3-4,9-12H2,1-2H3,(H,24,26). The molecule has 0 radical (unpaired) electrons. The van der Waals surface area contributed by atoms with Crippen LogP contribution in [0.4, 0.5) is 0 Å². The second-order valence-corrected chi connectivity index (χ2v) is 7.42. The van der Waals surface area contributed by atoms with E-state index in [-0.39, 0.29) is 10.5 Å². The number of ether oxygens (including phenoxy) is 1. The molecular formula is C21H24Cl2N2O2. The van der Waals surface area contributed by atoms with Gasteiger partial charge in [-0.15, -0.1) is 0 Å². The summed E-state index contributed by atoms with van der Waals surface area (Å²) in [4.78, 5) is 18.5. The van der Waals surface area contributed by atoms with Crippen molar-refractivity contribution in [3.05, 3.63) is 50.6 Å². The highest BCUT2D eigenvalue weighted by Crippen LogP contribution is 2.29. The monoisotopic (exact) mass is 406 g/mol.